The highest BCUT2D eigenvalue weighted by Gasteiger charge is 2.16. The number of urea groups is 1. The molecular formula is C14H15N3O3S. The molecule has 0 bridgehead atoms. The maximum atomic E-state index is 11.8. The third-order valence-electron chi connectivity index (χ3n) is 3.14. The van der Waals surface area contributed by atoms with Crippen molar-refractivity contribution in [3.63, 3.8) is 0 Å². The lowest BCUT2D eigenvalue weighted by atomic mass is 10.1. The molecule has 1 aromatic carbocycles. The lowest BCUT2D eigenvalue weighted by Crippen LogP contribution is -2.28. The first-order chi connectivity index (χ1) is 10.3. The number of hydrogen-bond donors (Lipinski definition) is 2. The lowest BCUT2D eigenvalue weighted by Gasteiger charge is -2.09. The normalized spacial score (nSPS) is 12.4. The predicted octanol–water partition coefficient (Wildman–Crippen LogP) is 2.41. The molecule has 0 aliphatic carbocycles. The molecule has 0 radical (unpaired) electrons. The standard InChI is InChI=1S/C14H15N3O3S/c1-19-11-8-16-14(21-11)17-13(18)15-7-10-4-2-3-9-5-6-20-12(9)10/h2-4,8H,5-7H2,1H3,(H2,15,16,17,18). The van der Waals surface area contributed by atoms with E-state index in [2.05, 4.69) is 15.6 Å². The Labute approximate surface area is 126 Å². The van der Waals surface area contributed by atoms with Crippen molar-refractivity contribution in [2.75, 3.05) is 19.0 Å². The molecule has 2 N–H and O–H groups in total. The Hall–Kier alpha value is -2.28. The summed E-state index contributed by atoms with van der Waals surface area (Å²) >= 11 is 1.27. The van der Waals surface area contributed by atoms with E-state index < -0.39 is 0 Å². The lowest BCUT2D eigenvalue weighted by molar-refractivity contribution is 0.251. The smallest absolute Gasteiger partial charge is 0.321 e. The number of nitrogens with one attached hydrogen (secondary N) is 2. The molecule has 0 saturated heterocycles. The van der Waals surface area contributed by atoms with Crippen LogP contribution in [0.4, 0.5) is 9.93 Å². The Morgan fingerprint density at radius 1 is 1.52 bits per heavy atom. The Morgan fingerprint density at radius 3 is 3.24 bits per heavy atom. The van der Waals surface area contributed by atoms with Crippen molar-refractivity contribution in [3.8, 4) is 10.8 Å². The molecular weight excluding hydrogens is 290 g/mol. The molecule has 0 atom stereocenters. The molecule has 2 amide bonds. The number of anilines is 1. The summed E-state index contributed by atoms with van der Waals surface area (Å²) in [6.07, 6.45) is 2.49. The molecule has 2 heterocycles. The number of fused-ring (bicyclic) bond motifs is 1. The minimum absolute atomic E-state index is 0.303. The molecule has 0 spiro atoms. The van der Waals surface area contributed by atoms with Crippen molar-refractivity contribution >= 4 is 22.5 Å². The number of hydrogen-bond acceptors (Lipinski definition) is 5. The summed E-state index contributed by atoms with van der Waals surface area (Å²) in [6, 6.07) is 5.68. The van der Waals surface area contributed by atoms with Gasteiger partial charge in [-0.05, 0) is 5.56 Å². The van der Waals surface area contributed by atoms with Crippen LogP contribution in [-0.2, 0) is 13.0 Å². The van der Waals surface area contributed by atoms with Gasteiger partial charge in [-0.1, -0.05) is 29.5 Å². The number of para-hydroxylation sites is 1. The number of benzene rings is 1. The number of carbonyl (C=O) groups is 1. The van der Waals surface area contributed by atoms with Gasteiger partial charge in [-0.25, -0.2) is 9.78 Å². The zero-order chi connectivity index (χ0) is 14.7. The predicted molar refractivity (Wildman–Crippen MR) is 80.2 cm³/mol. The van der Waals surface area contributed by atoms with Crippen LogP contribution < -0.4 is 20.1 Å². The summed E-state index contributed by atoms with van der Waals surface area (Å²) in [5.74, 6) is 0.897. The Balaban J connectivity index is 1.58. The van der Waals surface area contributed by atoms with Crippen LogP contribution in [0.15, 0.2) is 24.4 Å². The van der Waals surface area contributed by atoms with Gasteiger partial charge in [0.1, 0.15) is 5.75 Å². The fraction of sp³-hybridized carbons (Fsp3) is 0.286. The molecule has 110 valence electrons. The van der Waals surface area contributed by atoms with Gasteiger partial charge in [-0.3, -0.25) is 5.32 Å². The van der Waals surface area contributed by atoms with Crippen molar-refractivity contribution < 1.29 is 14.3 Å². The molecule has 3 rings (SSSR count). The second-order valence-corrected chi connectivity index (χ2v) is 5.49. The van der Waals surface area contributed by atoms with E-state index in [1.807, 2.05) is 18.2 Å². The van der Waals surface area contributed by atoms with E-state index in [4.69, 9.17) is 9.47 Å². The van der Waals surface area contributed by atoms with Gasteiger partial charge in [0.05, 0.1) is 19.9 Å². The molecule has 1 aromatic heterocycles. The van der Waals surface area contributed by atoms with E-state index in [0.29, 0.717) is 23.3 Å². The summed E-state index contributed by atoms with van der Waals surface area (Å²) in [5.41, 5.74) is 2.18. The van der Waals surface area contributed by atoms with E-state index >= 15 is 0 Å². The van der Waals surface area contributed by atoms with Crippen molar-refractivity contribution in [1.82, 2.24) is 10.3 Å². The largest absolute Gasteiger partial charge is 0.493 e. The summed E-state index contributed by atoms with van der Waals surface area (Å²) in [4.78, 5) is 15.9. The number of methoxy groups -OCH3 is 1. The number of thiazole rings is 1. The van der Waals surface area contributed by atoms with E-state index in [-0.39, 0.29) is 6.03 Å². The highest BCUT2D eigenvalue weighted by atomic mass is 32.1. The van der Waals surface area contributed by atoms with Crippen molar-refractivity contribution in [3.05, 3.63) is 35.5 Å². The highest BCUT2D eigenvalue weighted by molar-refractivity contribution is 7.17. The molecule has 0 fully saturated rings. The summed E-state index contributed by atoms with van der Waals surface area (Å²) < 4.78 is 10.6. The number of nitrogens with zero attached hydrogens (tertiary/aromatic N) is 1. The van der Waals surface area contributed by atoms with Crippen molar-refractivity contribution in [2.24, 2.45) is 0 Å². The van der Waals surface area contributed by atoms with Crippen LogP contribution in [0.5, 0.6) is 10.8 Å². The summed E-state index contributed by atoms with van der Waals surface area (Å²) in [5, 5.41) is 6.62. The Morgan fingerprint density at radius 2 is 2.43 bits per heavy atom. The number of amides is 2. The molecule has 1 aliphatic heterocycles. The van der Waals surface area contributed by atoms with E-state index in [1.165, 1.54) is 16.9 Å². The van der Waals surface area contributed by atoms with Gasteiger partial charge in [-0.2, -0.15) is 0 Å². The first-order valence-electron chi connectivity index (χ1n) is 6.54. The average Bonchev–Trinajstić information content (AvgIpc) is 3.13. The minimum atomic E-state index is -0.303. The topological polar surface area (TPSA) is 72.5 Å². The van der Waals surface area contributed by atoms with E-state index in [9.17, 15) is 4.79 Å². The Bertz CT molecular complexity index is 657. The second-order valence-electron chi connectivity index (χ2n) is 4.50. The first kappa shape index (κ1) is 13.7. The van der Waals surface area contributed by atoms with E-state index in [1.54, 1.807) is 13.3 Å². The van der Waals surface area contributed by atoms with Crippen molar-refractivity contribution in [1.29, 1.82) is 0 Å². The summed E-state index contributed by atoms with van der Waals surface area (Å²) in [6.45, 7) is 1.12. The molecule has 21 heavy (non-hydrogen) atoms. The summed E-state index contributed by atoms with van der Waals surface area (Å²) in [7, 11) is 1.56. The van der Waals surface area contributed by atoms with Crippen LogP contribution >= 0.6 is 11.3 Å². The second kappa shape index (κ2) is 6.01. The fourth-order valence-electron chi connectivity index (χ4n) is 2.15. The molecule has 1 aliphatic rings. The number of carbonyl (C=O) groups excluding carboxylic acids is 1. The highest BCUT2D eigenvalue weighted by Crippen LogP contribution is 2.29. The Kier molecular flexibility index (Phi) is 3.92. The van der Waals surface area contributed by atoms with Gasteiger partial charge >= 0.3 is 6.03 Å². The number of rotatable bonds is 4. The van der Waals surface area contributed by atoms with Crippen LogP contribution in [0.1, 0.15) is 11.1 Å². The molecule has 7 heteroatoms. The van der Waals surface area contributed by atoms with Gasteiger partial charge in [0.25, 0.3) is 0 Å². The van der Waals surface area contributed by atoms with Gasteiger partial charge in [0.15, 0.2) is 10.2 Å². The zero-order valence-electron chi connectivity index (χ0n) is 11.5. The minimum Gasteiger partial charge on any atom is -0.493 e. The monoisotopic (exact) mass is 305 g/mol. The molecule has 6 nitrogen and oxygen atoms in total. The van der Waals surface area contributed by atoms with Gasteiger partial charge in [-0.15, -0.1) is 0 Å². The van der Waals surface area contributed by atoms with Crippen LogP contribution in [0.2, 0.25) is 0 Å². The maximum absolute atomic E-state index is 11.8. The zero-order valence-corrected chi connectivity index (χ0v) is 12.3. The van der Waals surface area contributed by atoms with Gasteiger partial charge in [0, 0.05) is 18.5 Å². The van der Waals surface area contributed by atoms with Crippen LogP contribution in [0.3, 0.4) is 0 Å². The maximum Gasteiger partial charge on any atom is 0.321 e. The number of aromatic nitrogens is 1. The van der Waals surface area contributed by atoms with Gasteiger partial charge < -0.3 is 14.8 Å². The van der Waals surface area contributed by atoms with Crippen molar-refractivity contribution in [2.45, 2.75) is 13.0 Å². The quantitative estimate of drug-likeness (QED) is 0.910. The average molecular weight is 305 g/mol. The van der Waals surface area contributed by atoms with Crippen LogP contribution in [-0.4, -0.2) is 24.7 Å². The molecule has 0 saturated carbocycles. The molecule has 2 aromatic rings. The first-order valence-corrected chi connectivity index (χ1v) is 7.36. The third kappa shape index (κ3) is 3.08. The van der Waals surface area contributed by atoms with Crippen LogP contribution in [0.25, 0.3) is 0 Å². The molecule has 0 unspecified atom stereocenters. The van der Waals surface area contributed by atoms with E-state index in [0.717, 1.165) is 17.7 Å². The van der Waals surface area contributed by atoms with Gasteiger partial charge in [0.2, 0.25) is 0 Å². The third-order valence-corrected chi connectivity index (χ3v) is 4.02. The number of ether oxygens (including phenoxy) is 2. The fourth-order valence-corrected chi connectivity index (χ4v) is 2.78. The van der Waals surface area contributed by atoms with Crippen LogP contribution in [0, 0.1) is 0 Å². The SMILES string of the molecule is COc1cnc(NC(=O)NCc2cccc3c2OCC3)s1.